The van der Waals surface area contributed by atoms with Gasteiger partial charge in [-0.25, -0.2) is 4.98 Å². The minimum atomic E-state index is -4.62. The number of aromatic nitrogens is 3. The Morgan fingerprint density at radius 1 is 1.35 bits per heavy atom. The normalized spacial score (nSPS) is 16.3. The van der Waals surface area contributed by atoms with Crippen LogP contribution in [0.1, 0.15) is 41.0 Å². The molecule has 37 heavy (non-hydrogen) atoms. The Kier molecular flexibility index (Phi) is 7.58. The Labute approximate surface area is 223 Å². The van der Waals surface area contributed by atoms with Crippen molar-refractivity contribution in [1.82, 2.24) is 19.4 Å². The van der Waals surface area contributed by atoms with E-state index in [2.05, 4.69) is 31.2 Å². The number of anilines is 1. The largest absolute Gasteiger partial charge is 0.417 e. The lowest BCUT2D eigenvalue weighted by atomic mass is 9.98. The first-order valence-corrected chi connectivity index (χ1v) is 12.5. The highest BCUT2D eigenvalue weighted by Crippen LogP contribution is 2.36. The zero-order valence-electron chi connectivity index (χ0n) is 19.8. The van der Waals surface area contributed by atoms with Gasteiger partial charge in [0.05, 0.1) is 30.1 Å². The Morgan fingerprint density at radius 2 is 2.08 bits per heavy atom. The average Bonchev–Trinajstić information content (AvgIpc) is 2.83. The third-order valence-electron chi connectivity index (χ3n) is 6.01. The molecule has 2 aromatic heterocycles. The number of fused-ring (bicyclic) bond motifs is 1. The second kappa shape index (κ2) is 10.4. The molecule has 2 unspecified atom stereocenters. The summed E-state index contributed by atoms with van der Waals surface area (Å²) in [5.41, 5.74) is -0.0775. The molecule has 1 aliphatic heterocycles. The van der Waals surface area contributed by atoms with Gasteiger partial charge in [0.15, 0.2) is 4.77 Å². The number of rotatable bonds is 5. The second-order valence-corrected chi connectivity index (χ2v) is 10.1. The molecule has 0 bridgehead atoms. The van der Waals surface area contributed by atoms with Gasteiger partial charge in [-0.1, -0.05) is 15.9 Å². The minimum absolute atomic E-state index is 0.00702. The highest BCUT2D eigenvalue weighted by Gasteiger charge is 2.35. The summed E-state index contributed by atoms with van der Waals surface area (Å²) in [5.74, 6) is -0.0564. The summed E-state index contributed by atoms with van der Waals surface area (Å²) in [6, 6.07) is 6.23. The van der Waals surface area contributed by atoms with Gasteiger partial charge in [-0.05, 0) is 62.8 Å². The number of pyridine rings is 1. The predicted octanol–water partition coefficient (Wildman–Crippen LogP) is 4.45. The Balaban J connectivity index is 1.64. The number of nitrogens with one attached hydrogen (secondary N) is 2. The lowest BCUT2D eigenvalue weighted by Gasteiger charge is -2.34. The Morgan fingerprint density at radius 3 is 2.70 bits per heavy atom. The molecule has 1 amide bonds. The molecule has 0 spiro atoms. The third kappa shape index (κ3) is 5.63. The number of H-pyrrole nitrogens is 1. The summed E-state index contributed by atoms with van der Waals surface area (Å²) < 4.78 is 41.3. The lowest BCUT2D eigenvalue weighted by molar-refractivity contribution is -0.138. The smallest absolute Gasteiger partial charge is 0.392 e. The Bertz CT molecular complexity index is 1450. The van der Waals surface area contributed by atoms with Crippen LogP contribution in [0.4, 0.5) is 19.0 Å². The molecule has 4 rings (SSSR count). The predicted molar refractivity (Wildman–Crippen MR) is 137 cm³/mol. The summed E-state index contributed by atoms with van der Waals surface area (Å²) in [5, 5.41) is 12.4. The first-order valence-electron chi connectivity index (χ1n) is 11.3. The van der Waals surface area contributed by atoms with E-state index in [4.69, 9.17) is 12.2 Å². The van der Waals surface area contributed by atoms with Crippen molar-refractivity contribution in [2.45, 2.75) is 45.1 Å². The number of benzene rings is 1. The Hall–Kier alpha value is -3.03. The zero-order valence-corrected chi connectivity index (χ0v) is 22.2. The van der Waals surface area contributed by atoms with Crippen LogP contribution in [0.25, 0.3) is 5.69 Å². The van der Waals surface area contributed by atoms with Crippen LogP contribution >= 0.6 is 28.1 Å². The molecular formula is C24H23BrF3N5O3S. The molecular weight excluding hydrogens is 575 g/mol. The molecule has 0 radical (unpaired) electrons. The van der Waals surface area contributed by atoms with Crippen molar-refractivity contribution in [3.8, 4) is 5.69 Å². The number of hydrogen-bond acceptors (Lipinski definition) is 6. The van der Waals surface area contributed by atoms with Gasteiger partial charge < -0.3 is 20.3 Å². The number of carbonyl (C=O) groups excluding carboxylic acids is 1. The van der Waals surface area contributed by atoms with Gasteiger partial charge in [0, 0.05) is 33.9 Å². The summed E-state index contributed by atoms with van der Waals surface area (Å²) >= 11 is 8.31. The fraction of sp³-hybridized carbons (Fsp3) is 0.333. The van der Waals surface area contributed by atoms with E-state index in [1.54, 1.807) is 26.0 Å². The SMILES string of the molecule is CC(O)CNc1ccc(-n2c(=S)[nH]c3c(c2=O)CC(C)N(C(=O)c2ccc(Br)c(C(F)(F)F)c2)C3)cn1. The van der Waals surface area contributed by atoms with Crippen molar-refractivity contribution in [3.63, 3.8) is 0 Å². The van der Waals surface area contributed by atoms with Crippen LogP contribution in [0.5, 0.6) is 0 Å². The van der Waals surface area contributed by atoms with Crippen molar-refractivity contribution < 1.29 is 23.1 Å². The quantitative estimate of drug-likeness (QED) is 0.375. The maximum atomic E-state index is 13.4. The van der Waals surface area contributed by atoms with Crippen molar-refractivity contribution in [2.24, 2.45) is 0 Å². The van der Waals surface area contributed by atoms with Gasteiger partial charge in [-0.15, -0.1) is 0 Å². The maximum absolute atomic E-state index is 13.4. The lowest BCUT2D eigenvalue weighted by Crippen LogP contribution is -2.45. The number of hydrogen-bond donors (Lipinski definition) is 3. The highest BCUT2D eigenvalue weighted by atomic mass is 79.9. The zero-order chi connectivity index (χ0) is 27.1. The first kappa shape index (κ1) is 27.0. The average molecular weight is 598 g/mol. The van der Waals surface area contributed by atoms with Crippen LogP contribution in [-0.4, -0.2) is 49.1 Å². The maximum Gasteiger partial charge on any atom is 0.417 e. The van der Waals surface area contributed by atoms with Crippen molar-refractivity contribution in [3.05, 3.63) is 78.5 Å². The first-order chi connectivity index (χ1) is 17.4. The van der Waals surface area contributed by atoms with Gasteiger partial charge in [-0.2, -0.15) is 13.2 Å². The van der Waals surface area contributed by atoms with Gasteiger partial charge in [0.2, 0.25) is 0 Å². The van der Waals surface area contributed by atoms with Crippen LogP contribution < -0.4 is 10.9 Å². The molecule has 1 aliphatic rings. The standard InChI is InChI=1S/C24H23BrF3N5O3S/c1-12-7-16-19(11-32(12)21(35)14-3-5-18(25)17(8-14)24(26,27)28)31-23(37)33(22(16)36)15-4-6-20(30-10-15)29-9-13(2)34/h3-6,8,10,12-13,34H,7,9,11H2,1-2H3,(H,29,30)(H,31,37). The van der Waals surface area contributed by atoms with E-state index in [1.165, 1.54) is 27.8 Å². The van der Waals surface area contributed by atoms with Gasteiger partial charge in [-0.3, -0.25) is 14.2 Å². The number of aliphatic hydroxyl groups excluding tert-OH is 1. The molecule has 3 heterocycles. The number of nitrogens with zero attached hydrogens (tertiary/aromatic N) is 3. The molecule has 2 atom stereocenters. The molecule has 0 saturated carbocycles. The molecule has 0 saturated heterocycles. The number of halogens is 4. The van der Waals surface area contributed by atoms with Crippen molar-refractivity contribution in [1.29, 1.82) is 0 Å². The van der Waals surface area contributed by atoms with Crippen LogP contribution in [0.2, 0.25) is 0 Å². The number of aliphatic hydroxyl groups is 1. The van der Waals surface area contributed by atoms with E-state index in [1.807, 2.05) is 0 Å². The summed E-state index contributed by atoms with van der Waals surface area (Å²) in [6.45, 7) is 3.69. The molecule has 0 aliphatic carbocycles. The van der Waals surface area contributed by atoms with Crippen LogP contribution in [0, 0.1) is 4.77 Å². The molecule has 13 heteroatoms. The summed E-state index contributed by atoms with van der Waals surface area (Å²) in [7, 11) is 0. The number of amides is 1. The summed E-state index contributed by atoms with van der Waals surface area (Å²) in [4.78, 5) is 35.3. The fourth-order valence-electron chi connectivity index (χ4n) is 4.12. The van der Waals surface area contributed by atoms with Crippen molar-refractivity contribution >= 4 is 39.9 Å². The molecule has 3 aromatic rings. The number of carbonyl (C=O) groups is 1. The van der Waals surface area contributed by atoms with E-state index in [0.717, 1.165) is 6.07 Å². The third-order valence-corrected chi connectivity index (χ3v) is 6.99. The second-order valence-electron chi connectivity index (χ2n) is 8.84. The molecule has 196 valence electrons. The van der Waals surface area contributed by atoms with Crippen LogP contribution in [-0.2, 0) is 19.1 Å². The minimum Gasteiger partial charge on any atom is -0.392 e. The number of alkyl halides is 3. The van der Waals surface area contributed by atoms with Gasteiger partial charge >= 0.3 is 6.18 Å². The highest BCUT2D eigenvalue weighted by molar-refractivity contribution is 9.10. The molecule has 1 aromatic carbocycles. The van der Waals surface area contributed by atoms with Crippen molar-refractivity contribution in [2.75, 3.05) is 11.9 Å². The fourth-order valence-corrected chi connectivity index (χ4v) is 4.90. The molecule has 8 nitrogen and oxygen atoms in total. The molecule has 0 fully saturated rings. The van der Waals surface area contributed by atoms with Crippen LogP contribution in [0.3, 0.4) is 0 Å². The van der Waals surface area contributed by atoms with E-state index in [9.17, 15) is 27.9 Å². The topological polar surface area (TPSA) is 103 Å². The number of aromatic amines is 1. The van der Waals surface area contributed by atoms with E-state index >= 15 is 0 Å². The van der Waals surface area contributed by atoms with Gasteiger partial charge in [0.25, 0.3) is 11.5 Å². The molecule has 3 N–H and O–H groups in total. The monoisotopic (exact) mass is 597 g/mol. The van der Waals surface area contributed by atoms with Gasteiger partial charge in [0.1, 0.15) is 5.82 Å². The van der Waals surface area contributed by atoms with E-state index < -0.39 is 29.8 Å². The van der Waals surface area contributed by atoms with Crippen LogP contribution in [0.15, 0.2) is 45.8 Å². The summed E-state index contributed by atoms with van der Waals surface area (Å²) in [6.07, 6.45) is -3.50. The van der Waals surface area contributed by atoms with E-state index in [-0.39, 0.29) is 33.3 Å². The van der Waals surface area contributed by atoms with E-state index in [0.29, 0.717) is 29.3 Å².